The van der Waals surface area contributed by atoms with E-state index >= 15 is 0 Å². The molecule has 5 unspecified atom stereocenters. The Morgan fingerprint density at radius 1 is 1.15 bits per heavy atom. The lowest BCUT2D eigenvalue weighted by Gasteiger charge is -2.41. The number of rotatable bonds is 5. The summed E-state index contributed by atoms with van der Waals surface area (Å²) in [7, 11) is 1.34. The number of hydrogen-bond acceptors (Lipinski definition) is 12. The summed E-state index contributed by atoms with van der Waals surface area (Å²) >= 11 is 0. The van der Waals surface area contributed by atoms with Crippen molar-refractivity contribution in [2.45, 2.75) is 62.4 Å². The number of ketones is 3. The van der Waals surface area contributed by atoms with Crippen molar-refractivity contribution in [1.82, 2.24) is 0 Å². The molecule has 2 aliphatic carbocycles. The number of methoxy groups -OCH3 is 1. The van der Waals surface area contributed by atoms with Crippen LogP contribution in [0.25, 0.3) is 0 Å². The zero-order chi connectivity index (χ0) is 28.5. The summed E-state index contributed by atoms with van der Waals surface area (Å²) in [6.45, 7) is 0.782. The van der Waals surface area contributed by atoms with Gasteiger partial charge in [-0.2, -0.15) is 0 Å². The fraction of sp³-hybridized carbons (Fsp3) is 0.429. The standard InChI is InChI=1S/C28H27NO11/c1-11-27-14(29-10-38-27)6-18(39-11)40-16-8-28(36,17(31)9-30)7-13-20(16)26(35)22-21(24(13)33)23(32)12-4-3-5-15(37-2)19(12)25(22)34/h3-5,10-11,14,16,18,27,30,33,35-36H,6-9H2,1-2H3/t11?,14?,16-,18?,27?,28?/m0/s1. The Morgan fingerprint density at radius 2 is 1.90 bits per heavy atom. The highest BCUT2D eigenvalue weighted by atomic mass is 16.7. The van der Waals surface area contributed by atoms with Crippen LogP contribution in [-0.4, -0.2) is 88.0 Å². The van der Waals surface area contributed by atoms with Crippen molar-refractivity contribution in [3.8, 4) is 17.2 Å². The molecule has 4 N–H and O–H groups in total. The average Bonchev–Trinajstić information content (AvgIpc) is 3.41. The fourth-order valence-electron chi connectivity index (χ4n) is 6.21. The minimum atomic E-state index is -2.20. The molecule has 1 fully saturated rings. The second-order valence-corrected chi connectivity index (χ2v) is 10.4. The summed E-state index contributed by atoms with van der Waals surface area (Å²) in [5, 5.41) is 43.8. The molecule has 6 atom stereocenters. The van der Waals surface area contributed by atoms with Crippen molar-refractivity contribution in [2.75, 3.05) is 13.7 Å². The number of Topliss-reactive ketones (excluding diaryl/α,β-unsaturated/α-hetero) is 1. The summed E-state index contributed by atoms with van der Waals surface area (Å²) < 4.78 is 22.9. The van der Waals surface area contributed by atoms with E-state index in [0.717, 1.165) is 0 Å². The van der Waals surface area contributed by atoms with Crippen LogP contribution >= 0.6 is 0 Å². The van der Waals surface area contributed by atoms with Gasteiger partial charge in [0, 0.05) is 36.0 Å². The summed E-state index contributed by atoms with van der Waals surface area (Å²) in [6.07, 6.45) is -2.30. The molecule has 0 bridgehead atoms. The van der Waals surface area contributed by atoms with Gasteiger partial charge >= 0.3 is 0 Å². The molecular weight excluding hydrogens is 526 g/mol. The maximum atomic E-state index is 13.7. The van der Waals surface area contributed by atoms with Crippen LogP contribution in [0.3, 0.4) is 0 Å². The number of aromatic hydroxyl groups is 2. The van der Waals surface area contributed by atoms with Crippen molar-refractivity contribution >= 4 is 23.8 Å². The van der Waals surface area contributed by atoms with E-state index in [1.54, 1.807) is 6.92 Å². The number of aliphatic hydroxyl groups excluding tert-OH is 1. The Morgan fingerprint density at radius 3 is 2.62 bits per heavy atom. The summed E-state index contributed by atoms with van der Waals surface area (Å²) in [6, 6.07) is 4.14. The number of phenolic OH excluding ortho intramolecular Hbond substituents is 2. The molecule has 12 heteroatoms. The number of aliphatic imine (C=N–C) groups is 1. The van der Waals surface area contributed by atoms with Crippen LogP contribution in [0, 0.1) is 0 Å². The first-order chi connectivity index (χ1) is 19.1. The SMILES string of the molecule is COc1cccc2c1C(=O)c1c(O)c3c(c(O)c1C2=O)CC(O)(C(=O)CO)C[C@@H]3OC1CC2N=COC2C(C)O1. The molecule has 4 aliphatic rings. The van der Waals surface area contributed by atoms with Crippen molar-refractivity contribution in [3.63, 3.8) is 0 Å². The highest BCUT2D eigenvalue weighted by molar-refractivity contribution is 6.31. The van der Waals surface area contributed by atoms with E-state index in [2.05, 4.69) is 4.99 Å². The number of ether oxygens (including phenoxy) is 4. The van der Waals surface area contributed by atoms with Crippen molar-refractivity contribution in [1.29, 1.82) is 0 Å². The van der Waals surface area contributed by atoms with E-state index in [1.165, 1.54) is 31.7 Å². The number of aliphatic hydroxyl groups is 2. The summed E-state index contributed by atoms with van der Waals surface area (Å²) in [4.78, 5) is 44.2. The zero-order valence-electron chi connectivity index (χ0n) is 21.6. The second-order valence-electron chi connectivity index (χ2n) is 10.4. The van der Waals surface area contributed by atoms with Gasteiger partial charge in [0.05, 0.1) is 42.0 Å². The minimum absolute atomic E-state index is 0.0321. The Bertz CT molecular complexity index is 1480. The number of hydrogen-bond donors (Lipinski definition) is 4. The number of benzene rings is 2. The molecule has 2 aromatic rings. The van der Waals surface area contributed by atoms with Gasteiger partial charge in [-0.15, -0.1) is 0 Å². The molecule has 0 spiro atoms. The van der Waals surface area contributed by atoms with Crippen molar-refractivity contribution in [2.24, 2.45) is 4.99 Å². The number of carbonyl (C=O) groups is 3. The lowest BCUT2D eigenvalue weighted by atomic mass is 9.72. The van der Waals surface area contributed by atoms with Crippen LogP contribution in [0.15, 0.2) is 23.2 Å². The molecule has 0 amide bonds. The van der Waals surface area contributed by atoms with Crippen molar-refractivity contribution < 1.29 is 53.8 Å². The number of carbonyl (C=O) groups excluding carboxylic acids is 3. The molecular formula is C28H27NO11. The number of nitrogens with zero attached hydrogens (tertiary/aromatic N) is 1. The number of phenols is 2. The molecule has 12 nitrogen and oxygen atoms in total. The smallest absolute Gasteiger partial charge is 0.202 e. The summed E-state index contributed by atoms with van der Waals surface area (Å²) in [5.74, 6) is -3.59. The Balaban J connectivity index is 1.50. The maximum absolute atomic E-state index is 13.7. The highest BCUT2D eigenvalue weighted by Crippen LogP contribution is 2.52. The van der Waals surface area contributed by atoms with E-state index in [1.807, 2.05) is 0 Å². The monoisotopic (exact) mass is 553 g/mol. The molecule has 2 aliphatic heterocycles. The third-order valence-corrected chi connectivity index (χ3v) is 8.17. The van der Waals surface area contributed by atoms with Gasteiger partial charge in [-0.3, -0.25) is 19.4 Å². The Labute approximate surface area is 227 Å². The van der Waals surface area contributed by atoms with Crippen LogP contribution in [0.4, 0.5) is 0 Å². The average molecular weight is 554 g/mol. The van der Waals surface area contributed by atoms with Crippen LogP contribution in [-0.2, 0) is 25.4 Å². The topological polar surface area (TPSA) is 181 Å². The largest absolute Gasteiger partial charge is 0.507 e. The van der Waals surface area contributed by atoms with Crippen LogP contribution in [0.5, 0.6) is 17.2 Å². The molecule has 0 radical (unpaired) electrons. The molecule has 40 heavy (non-hydrogen) atoms. The first-order valence-electron chi connectivity index (χ1n) is 12.8. The molecule has 1 saturated heterocycles. The third kappa shape index (κ3) is 3.74. The number of fused-ring (bicyclic) bond motifs is 4. The van der Waals surface area contributed by atoms with E-state index < -0.39 is 83.5 Å². The Hall–Kier alpha value is -3.84. The predicted molar refractivity (Wildman–Crippen MR) is 135 cm³/mol. The second kappa shape index (κ2) is 9.37. The van der Waals surface area contributed by atoms with E-state index in [4.69, 9.17) is 18.9 Å². The lowest BCUT2D eigenvalue weighted by molar-refractivity contribution is -0.241. The van der Waals surface area contributed by atoms with Gasteiger partial charge < -0.3 is 39.4 Å². The summed E-state index contributed by atoms with van der Waals surface area (Å²) in [5.41, 5.74) is -3.39. The molecule has 6 rings (SSSR count). The van der Waals surface area contributed by atoms with Crippen molar-refractivity contribution in [3.05, 3.63) is 51.6 Å². The zero-order valence-corrected chi connectivity index (χ0v) is 21.6. The maximum Gasteiger partial charge on any atom is 0.202 e. The van der Waals surface area contributed by atoms with Crippen LogP contribution in [0.1, 0.15) is 68.8 Å². The van der Waals surface area contributed by atoms with E-state index in [0.29, 0.717) is 0 Å². The van der Waals surface area contributed by atoms with Gasteiger partial charge in [-0.1, -0.05) is 12.1 Å². The van der Waals surface area contributed by atoms with Crippen LogP contribution in [0.2, 0.25) is 0 Å². The molecule has 2 aromatic carbocycles. The predicted octanol–water partition coefficient (Wildman–Crippen LogP) is 1.11. The molecule has 210 valence electrons. The van der Waals surface area contributed by atoms with Gasteiger partial charge in [0.25, 0.3) is 0 Å². The normalized spacial score (nSPS) is 30.1. The fourth-order valence-corrected chi connectivity index (χ4v) is 6.21. The van der Waals surface area contributed by atoms with Crippen LogP contribution < -0.4 is 4.74 Å². The molecule has 0 aromatic heterocycles. The van der Waals surface area contributed by atoms with Gasteiger partial charge in [0.2, 0.25) is 5.78 Å². The quantitative estimate of drug-likeness (QED) is 0.332. The van der Waals surface area contributed by atoms with E-state index in [-0.39, 0.29) is 46.6 Å². The first-order valence-corrected chi connectivity index (χ1v) is 12.8. The minimum Gasteiger partial charge on any atom is -0.507 e. The van der Waals surface area contributed by atoms with E-state index in [9.17, 15) is 34.8 Å². The first kappa shape index (κ1) is 26.4. The molecule has 0 saturated carbocycles. The lowest BCUT2D eigenvalue weighted by Crippen LogP contribution is -2.49. The highest BCUT2D eigenvalue weighted by Gasteiger charge is 2.50. The molecule has 2 heterocycles. The van der Waals surface area contributed by atoms with Gasteiger partial charge in [-0.25, -0.2) is 0 Å². The van der Waals surface area contributed by atoms with Gasteiger partial charge in [0.15, 0.2) is 24.3 Å². The third-order valence-electron chi connectivity index (χ3n) is 8.17. The van der Waals surface area contributed by atoms with Gasteiger partial charge in [0.1, 0.15) is 35.6 Å². The van der Waals surface area contributed by atoms with Gasteiger partial charge in [-0.05, 0) is 13.0 Å². The Kier molecular flexibility index (Phi) is 6.18.